The number of alkyl halides is 3. The van der Waals surface area contributed by atoms with Crippen LogP contribution in [0.4, 0.5) is 47.4 Å². The van der Waals surface area contributed by atoms with Gasteiger partial charge in [-0.05, 0) is 70.8 Å². The molecule has 5 aromatic carbocycles. The Balaban J connectivity index is 1.51. The fourth-order valence-electron chi connectivity index (χ4n) is 6.95. The molecule has 6 heteroatoms. The zero-order chi connectivity index (χ0) is 29.2. The van der Waals surface area contributed by atoms with Gasteiger partial charge in [-0.1, -0.05) is 91.0 Å². The Kier molecular flexibility index (Phi) is 5.50. The van der Waals surface area contributed by atoms with E-state index in [-0.39, 0.29) is 5.82 Å². The summed E-state index contributed by atoms with van der Waals surface area (Å²) in [5, 5.41) is 0. The van der Waals surface area contributed by atoms with Gasteiger partial charge in [-0.2, -0.15) is 13.2 Å². The van der Waals surface area contributed by atoms with E-state index in [1.807, 2.05) is 91.0 Å². The molecule has 0 aliphatic carbocycles. The minimum absolute atomic E-state index is 0.145. The van der Waals surface area contributed by atoms with Gasteiger partial charge in [0, 0.05) is 11.9 Å². The van der Waals surface area contributed by atoms with E-state index >= 15 is 0 Å². The van der Waals surface area contributed by atoms with E-state index in [0.717, 1.165) is 45.4 Å². The normalized spacial score (nSPS) is 14.5. The van der Waals surface area contributed by atoms with Crippen molar-refractivity contribution >= 4 is 34.3 Å². The van der Waals surface area contributed by atoms with Crippen LogP contribution in [0.25, 0.3) is 0 Å². The van der Waals surface area contributed by atoms with E-state index in [1.54, 1.807) is 4.90 Å². The van der Waals surface area contributed by atoms with E-state index in [4.69, 9.17) is 0 Å². The molecule has 0 N–H and O–H groups in total. The van der Waals surface area contributed by atoms with Crippen LogP contribution < -0.4 is 9.80 Å². The summed E-state index contributed by atoms with van der Waals surface area (Å²) in [6, 6.07) is 44.9. The monoisotopic (exact) mass is 567 g/mol. The highest BCUT2D eigenvalue weighted by molar-refractivity contribution is 5.96. The smallest absolute Gasteiger partial charge is 0.310 e. The first kappa shape index (κ1) is 25.4. The lowest BCUT2D eigenvalue weighted by Crippen LogP contribution is -2.42. The molecule has 0 unspecified atom stereocenters. The number of halogens is 3. The minimum atomic E-state index is -4.58. The lowest BCUT2D eigenvalue weighted by atomic mass is 9.60. The van der Waals surface area contributed by atoms with Crippen LogP contribution in [-0.4, -0.2) is 4.98 Å². The minimum Gasteiger partial charge on any atom is -0.310 e. The van der Waals surface area contributed by atoms with Gasteiger partial charge in [0.1, 0.15) is 5.82 Å². The van der Waals surface area contributed by atoms with Crippen molar-refractivity contribution in [1.29, 1.82) is 0 Å². The summed E-state index contributed by atoms with van der Waals surface area (Å²) in [6.45, 7) is 0. The lowest BCUT2D eigenvalue weighted by molar-refractivity contribution is -0.137. The molecule has 0 radical (unpaired) electrons. The Morgan fingerprint density at radius 2 is 0.884 bits per heavy atom. The van der Waals surface area contributed by atoms with Crippen molar-refractivity contribution in [2.75, 3.05) is 9.80 Å². The number of hydrogen-bond acceptors (Lipinski definition) is 3. The molecule has 0 fully saturated rings. The fourth-order valence-corrected chi connectivity index (χ4v) is 6.95. The summed E-state index contributed by atoms with van der Waals surface area (Å²) in [6.07, 6.45) is -3.16. The maximum absolute atomic E-state index is 14.4. The highest BCUT2D eigenvalue weighted by Gasteiger charge is 2.52. The summed E-state index contributed by atoms with van der Waals surface area (Å²) >= 11 is 0. The average Bonchev–Trinajstić information content (AvgIpc) is 3.05. The third-order valence-corrected chi connectivity index (χ3v) is 8.51. The van der Waals surface area contributed by atoms with E-state index in [1.165, 1.54) is 12.3 Å². The van der Waals surface area contributed by atoms with Crippen molar-refractivity contribution in [2.24, 2.45) is 0 Å². The maximum atomic E-state index is 14.4. The molecule has 1 spiro atoms. The highest BCUT2D eigenvalue weighted by Crippen LogP contribution is 2.64. The maximum Gasteiger partial charge on any atom is 0.419 e. The molecule has 1 aromatic heterocycles. The number of nitrogens with zero attached hydrogens (tertiary/aromatic N) is 3. The van der Waals surface area contributed by atoms with E-state index in [2.05, 4.69) is 46.3 Å². The molecular formula is C37H24F3N3. The number of benzene rings is 5. The van der Waals surface area contributed by atoms with Crippen molar-refractivity contribution in [2.45, 2.75) is 11.6 Å². The summed E-state index contributed by atoms with van der Waals surface area (Å²) < 4.78 is 43.3. The van der Waals surface area contributed by atoms with E-state index in [0.29, 0.717) is 11.4 Å². The third-order valence-electron chi connectivity index (χ3n) is 8.51. The van der Waals surface area contributed by atoms with Crippen molar-refractivity contribution in [3.8, 4) is 0 Å². The molecule has 0 saturated heterocycles. The van der Waals surface area contributed by atoms with E-state index in [9.17, 15) is 13.2 Å². The average molecular weight is 568 g/mol. The molecule has 2 aliphatic heterocycles. The van der Waals surface area contributed by atoms with Crippen LogP contribution in [0.15, 0.2) is 146 Å². The molecule has 0 amide bonds. The SMILES string of the molecule is FC(F)(F)c1cccnc1N1c2ccccc2C2(c3ccccc3N(c3ccccc3)c3ccccc32)c2ccccc21. The van der Waals surface area contributed by atoms with Crippen molar-refractivity contribution in [3.63, 3.8) is 0 Å². The number of pyridine rings is 1. The Morgan fingerprint density at radius 3 is 1.35 bits per heavy atom. The fraction of sp³-hybridized carbons (Fsp3) is 0.0541. The first-order chi connectivity index (χ1) is 21.0. The van der Waals surface area contributed by atoms with Gasteiger partial charge in [-0.3, -0.25) is 4.90 Å². The summed E-state index contributed by atoms with van der Waals surface area (Å²) in [5.74, 6) is -0.145. The molecule has 0 saturated carbocycles. The van der Waals surface area contributed by atoms with Crippen LogP contribution in [0.5, 0.6) is 0 Å². The third kappa shape index (κ3) is 3.53. The van der Waals surface area contributed by atoms with Crippen LogP contribution in [0.2, 0.25) is 0 Å². The van der Waals surface area contributed by atoms with Crippen molar-refractivity contribution in [3.05, 3.63) is 174 Å². The molecular weight excluding hydrogens is 543 g/mol. The first-order valence-corrected chi connectivity index (χ1v) is 14.1. The molecule has 8 rings (SSSR count). The molecule has 2 aliphatic rings. The molecule has 3 heterocycles. The molecule has 43 heavy (non-hydrogen) atoms. The van der Waals surface area contributed by atoms with Gasteiger partial charge in [0.25, 0.3) is 0 Å². The summed E-state index contributed by atoms with van der Waals surface area (Å²) in [7, 11) is 0. The summed E-state index contributed by atoms with van der Waals surface area (Å²) in [4.78, 5) is 8.28. The Morgan fingerprint density at radius 1 is 0.465 bits per heavy atom. The summed E-state index contributed by atoms with van der Waals surface area (Å²) in [5.41, 5.74) is 6.65. The molecule has 208 valence electrons. The van der Waals surface area contributed by atoms with Crippen LogP contribution in [0.3, 0.4) is 0 Å². The standard InChI is InChI=1S/C37H24F3N3/c38-37(39,40)30-19-12-24-41-35(30)43-33-22-10-6-17-28(33)36(29-18-7-11-23-34(29)43)26-15-4-8-20-31(26)42(25-13-2-1-3-14-25)32-21-9-5-16-27(32)36/h1-24H. The topological polar surface area (TPSA) is 19.4 Å². The van der Waals surface area contributed by atoms with Crippen LogP contribution in [0.1, 0.15) is 27.8 Å². The Labute approximate surface area is 247 Å². The van der Waals surface area contributed by atoms with Gasteiger partial charge in [-0.15, -0.1) is 0 Å². The van der Waals surface area contributed by atoms with Crippen molar-refractivity contribution in [1.82, 2.24) is 4.98 Å². The van der Waals surface area contributed by atoms with Crippen molar-refractivity contribution < 1.29 is 13.2 Å². The zero-order valence-electron chi connectivity index (χ0n) is 22.8. The molecule has 3 nitrogen and oxygen atoms in total. The number of fused-ring (bicyclic) bond motifs is 8. The van der Waals surface area contributed by atoms with Crippen LogP contribution in [0, 0.1) is 0 Å². The second-order valence-corrected chi connectivity index (χ2v) is 10.7. The number of anilines is 6. The lowest BCUT2D eigenvalue weighted by Gasteiger charge is -2.51. The van der Waals surface area contributed by atoms with Gasteiger partial charge in [0.2, 0.25) is 0 Å². The quantitative estimate of drug-likeness (QED) is 0.207. The number of rotatable bonds is 2. The number of hydrogen-bond donors (Lipinski definition) is 0. The predicted molar refractivity (Wildman–Crippen MR) is 164 cm³/mol. The Bertz CT molecular complexity index is 1900. The van der Waals surface area contributed by atoms with Gasteiger partial charge in [-0.25, -0.2) is 4.98 Å². The number of para-hydroxylation sites is 5. The predicted octanol–water partition coefficient (Wildman–Crippen LogP) is 10.0. The Hall–Kier alpha value is -5.36. The van der Waals surface area contributed by atoms with Gasteiger partial charge >= 0.3 is 6.18 Å². The highest BCUT2D eigenvalue weighted by atomic mass is 19.4. The van der Waals surface area contributed by atoms with Crippen LogP contribution >= 0.6 is 0 Å². The van der Waals surface area contributed by atoms with E-state index < -0.39 is 17.2 Å². The van der Waals surface area contributed by atoms with Crippen LogP contribution in [-0.2, 0) is 11.6 Å². The van der Waals surface area contributed by atoms with Gasteiger partial charge in [0.05, 0.1) is 33.7 Å². The largest absolute Gasteiger partial charge is 0.419 e. The molecule has 0 atom stereocenters. The first-order valence-electron chi connectivity index (χ1n) is 14.1. The second kappa shape index (κ2) is 9.33. The van der Waals surface area contributed by atoms with Gasteiger partial charge in [0.15, 0.2) is 0 Å². The van der Waals surface area contributed by atoms with Gasteiger partial charge < -0.3 is 4.90 Å². The zero-order valence-corrected chi connectivity index (χ0v) is 22.8. The second-order valence-electron chi connectivity index (χ2n) is 10.7. The molecule has 0 bridgehead atoms. The molecule has 6 aromatic rings. The number of aromatic nitrogens is 1.